The minimum absolute atomic E-state index is 0.107. The molecular formula is C24H29FN2O2. The van der Waals surface area contributed by atoms with Gasteiger partial charge < -0.3 is 15.0 Å². The molecule has 0 saturated carbocycles. The lowest BCUT2D eigenvalue weighted by Gasteiger charge is -2.31. The molecule has 0 unspecified atom stereocenters. The van der Waals surface area contributed by atoms with Crippen molar-refractivity contribution in [3.8, 4) is 5.75 Å². The summed E-state index contributed by atoms with van der Waals surface area (Å²) < 4.78 is 19.3. The summed E-state index contributed by atoms with van der Waals surface area (Å²) >= 11 is 0. The summed E-state index contributed by atoms with van der Waals surface area (Å²) in [5.74, 6) is 0.749. The fourth-order valence-electron chi connectivity index (χ4n) is 4.91. The van der Waals surface area contributed by atoms with Crippen LogP contribution in [0, 0.1) is 5.82 Å². The van der Waals surface area contributed by atoms with E-state index >= 15 is 0 Å². The normalized spacial score (nSPS) is 24.5. The first-order valence-corrected chi connectivity index (χ1v) is 10.6. The molecular weight excluding hydrogens is 367 g/mol. The molecule has 2 aliphatic heterocycles. The first-order chi connectivity index (χ1) is 14.2. The van der Waals surface area contributed by atoms with Gasteiger partial charge in [-0.3, -0.25) is 4.79 Å². The van der Waals surface area contributed by atoms with Gasteiger partial charge >= 0.3 is 0 Å². The zero-order chi connectivity index (χ0) is 20.2. The van der Waals surface area contributed by atoms with Gasteiger partial charge in [-0.15, -0.1) is 0 Å². The Morgan fingerprint density at radius 1 is 1.17 bits per heavy atom. The standard InChI is InChI=1S/C24H29FN2O2/c1-29-22-12-5-4-8-18(22)15-23(28)27-16-20(17-9-7-10-19(25)14-17)24-21(27)11-3-2-6-13-26-24/h4-5,7-10,12,14,20-21,24,26H,2-3,6,11,13,15-16H2,1H3/t20-,21+,24-/m0/s1. The van der Waals surface area contributed by atoms with Crippen molar-refractivity contribution in [3.05, 3.63) is 65.5 Å². The van der Waals surface area contributed by atoms with Gasteiger partial charge in [-0.1, -0.05) is 43.2 Å². The van der Waals surface area contributed by atoms with E-state index in [1.165, 1.54) is 12.5 Å². The Morgan fingerprint density at radius 3 is 2.86 bits per heavy atom. The molecule has 0 spiro atoms. The number of benzene rings is 2. The van der Waals surface area contributed by atoms with Crippen molar-refractivity contribution in [2.45, 2.75) is 50.1 Å². The van der Waals surface area contributed by atoms with Crippen LogP contribution in [0.5, 0.6) is 5.75 Å². The molecule has 2 aromatic rings. The predicted octanol–water partition coefficient (Wildman–Crippen LogP) is 3.90. The Kier molecular flexibility index (Phi) is 6.14. The molecule has 29 heavy (non-hydrogen) atoms. The number of fused-ring (bicyclic) bond motifs is 1. The van der Waals surface area contributed by atoms with Crippen LogP contribution in [0.15, 0.2) is 48.5 Å². The van der Waals surface area contributed by atoms with Gasteiger partial charge in [-0.2, -0.15) is 0 Å². The van der Waals surface area contributed by atoms with Crippen LogP contribution in [0.4, 0.5) is 4.39 Å². The van der Waals surface area contributed by atoms with E-state index in [-0.39, 0.29) is 29.7 Å². The molecule has 2 saturated heterocycles. The van der Waals surface area contributed by atoms with Gasteiger partial charge in [-0.05, 0) is 43.1 Å². The van der Waals surface area contributed by atoms with E-state index < -0.39 is 0 Å². The third kappa shape index (κ3) is 4.30. The summed E-state index contributed by atoms with van der Waals surface area (Å²) in [4.78, 5) is 15.4. The highest BCUT2D eigenvalue weighted by Gasteiger charge is 2.44. The molecule has 1 amide bonds. The SMILES string of the molecule is COc1ccccc1CC(=O)N1C[C@@H](c2cccc(F)c2)[C@@H]2NCCCCC[C@H]21. The lowest BCUT2D eigenvalue weighted by Crippen LogP contribution is -2.47. The van der Waals surface area contributed by atoms with Crippen LogP contribution in [-0.2, 0) is 11.2 Å². The second kappa shape index (κ2) is 8.95. The number of halogens is 1. The van der Waals surface area contributed by atoms with Crippen LogP contribution in [0.2, 0.25) is 0 Å². The number of amides is 1. The number of hydrogen-bond acceptors (Lipinski definition) is 3. The minimum atomic E-state index is -0.219. The van der Waals surface area contributed by atoms with Gasteiger partial charge in [0.2, 0.25) is 5.91 Å². The number of methoxy groups -OCH3 is 1. The van der Waals surface area contributed by atoms with E-state index in [2.05, 4.69) is 5.32 Å². The fraction of sp³-hybridized carbons (Fsp3) is 0.458. The fourth-order valence-corrected chi connectivity index (χ4v) is 4.91. The summed E-state index contributed by atoms with van der Waals surface area (Å²) in [5.41, 5.74) is 1.88. The Hall–Kier alpha value is -2.40. The van der Waals surface area contributed by atoms with E-state index in [1.807, 2.05) is 35.2 Å². The highest BCUT2D eigenvalue weighted by atomic mass is 19.1. The molecule has 1 N–H and O–H groups in total. The van der Waals surface area contributed by atoms with Crippen LogP contribution in [0.25, 0.3) is 0 Å². The summed E-state index contributed by atoms with van der Waals surface area (Å²) in [6.45, 7) is 1.57. The van der Waals surface area contributed by atoms with Crippen molar-refractivity contribution >= 4 is 5.91 Å². The number of nitrogens with zero attached hydrogens (tertiary/aromatic N) is 1. The second-order valence-electron chi connectivity index (χ2n) is 8.09. The Labute approximate surface area is 172 Å². The van der Waals surface area contributed by atoms with Crippen molar-refractivity contribution in [2.24, 2.45) is 0 Å². The van der Waals surface area contributed by atoms with Crippen molar-refractivity contribution in [2.75, 3.05) is 20.2 Å². The number of para-hydroxylation sites is 1. The van der Waals surface area contributed by atoms with Gasteiger partial charge in [-0.25, -0.2) is 4.39 Å². The molecule has 0 radical (unpaired) electrons. The number of ether oxygens (including phenoxy) is 1. The van der Waals surface area contributed by atoms with Crippen molar-refractivity contribution in [3.63, 3.8) is 0 Å². The first-order valence-electron chi connectivity index (χ1n) is 10.6. The van der Waals surface area contributed by atoms with Gasteiger partial charge in [0.25, 0.3) is 0 Å². The smallest absolute Gasteiger partial charge is 0.227 e. The topological polar surface area (TPSA) is 41.6 Å². The molecule has 3 atom stereocenters. The number of nitrogens with one attached hydrogen (secondary N) is 1. The van der Waals surface area contributed by atoms with E-state index in [0.29, 0.717) is 13.0 Å². The van der Waals surface area contributed by atoms with E-state index in [0.717, 1.165) is 42.7 Å². The van der Waals surface area contributed by atoms with Crippen LogP contribution in [0.1, 0.15) is 42.7 Å². The maximum atomic E-state index is 13.9. The highest BCUT2D eigenvalue weighted by Crippen LogP contribution is 2.36. The molecule has 2 heterocycles. The van der Waals surface area contributed by atoms with Crippen LogP contribution in [0.3, 0.4) is 0 Å². The predicted molar refractivity (Wildman–Crippen MR) is 112 cm³/mol. The van der Waals surface area contributed by atoms with Gasteiger partial charge in [0.05, 0.1) is 13.5 Å². The molecule has 0 bridgehead atoms. The molecule has 0 aliphatic carbocycles. The van der Waals surface area contributed by atoms with Gasteiger partial charge in [0, 0.05) is 30.1 Å². The highest BCUT2D eigenvalue weighted by molar-refractivity contribution is 5.80. The Morgan fingerprint density at radius 2 is 2.03 bits per heavy atom. The largest absolute Gasteiger partial charge is 0.496 e. The molecule has 4 nitrogen and oxygen atoms in total. The number of rotatable bonds is 4. The zero-order valence-electron chi connectivity index (χ0n) is 16.9. The molecule has 4 rings (SSSR count). The van der Waals surface area contributed by atoms with E-state index in [9.17, 15) is 9.18 Å². The number of carbonyl (C=O) groups excluding carboxylic acids is 1. The van der Waals surface area contributed by atoms with E-state index in [1.54, 1.807) is 19.2 Å². The number of carbonyl (C=O) groups is 1. The summed E-state index contributed by atoms with van der Waals surface area (Å²) in [7, 11) is 1.63. The lowest BCUT2D eigenvalue weighted by atomic mass is 9.88. The minimum Gasteiger partial charge on any atom is -0.496 e. The monoisotopic (exact) mass is 396 g/mol. The van der Waals surface area contributed by atoms with Crippen LogP contribution < -0.4 is 10.1 Å². The second-order valence-corrected chi connectivity index (χ2v) is 8.09. The van der Waals surface area contributed by atoms with Gasteiger partial charge in [0.15, 0.2) is 0 Å². The maximum Gasteiger partial charge on any atom is 0.227 e. The molecule has 0 aromatic heterocycles. The number of likely N-dealkylation sites (tertiary alicyclic amines) is 1. The number of hydrogen-bond donors (Lipinski definition) is 1. The quantitative estimate of drug-likeness (QED) is 0.852. The van der Waals surface area contributed by atoms with Crippen molar-refractivity contribution in [1.82, 2.24) is 10.2 Å². The maximum absolute atomic E-state index is 13.9. The summed E-state index contributed by atoms with van der Waals surface area (Å²) in [6.07, 6.45) is 4.76. The Balaban J connectivity index is 1.60. The Bertz CT molecular complexity index is 856. The molecule has 2 fully saturated rings. The van der Waals surface area contributed by atoms with Gasteiger partial charge in [0.1, 0.15) is 11.6 Å². The summed E-state index contributed by atoms with van der Waals surface area (Å²) in [6, 6.07) is 14.9. The molecule has 154 valence electrons. The van der Waals surface area contributed by atoms with Crippen molar-refractivity contribution in [1.29, 1.82) is 0 Å². The molecule has 2 aliphatic rings. The van der Waals surface area contributed by atoms with Crippen LogP contribution in [-0.4, -0.2) is 43.1 Å². The third-order valence-corrected chi connectivity index (χ3v) is 6.33. The molecule has 5 heteroatoms. The average Bonchev–Trinajstić information content (AvgIpc) is 3.05. The summed E-state index contributed by atoms with van der Waals surface area (Å²) in [5, 5.41) is 3.68. The average molecular weight is 397 g/mol. The molecule has 2 aromatic carbocycles. The zero-order valence-corrected chi connectivity index (χ0v) is 16.9. The third-order valence-electron chi connectivity index (χ3n) is 6.33. The first kappa shape index (κ1) is 19.9. The van der Waals surface area contributed by atoms with E-state index in [4.69, 9.17) is 4.74 Å². The van der Waals surface area contributed by atoms with Crippen LogP contribution >= 0.6 is 0 Å². The lowest BCUT2D eigenvalue weighted by molar-refractivity contribution is -0.131. The van der Waals surface area contributed by atoms with Crippen molar-refractivity contribution < 1.29 is 13.9 Å².